The first kappa shape index (κ1) is 15.9. The molecular weight excluding hydrogens is 246 g/mol. The number of amides is 1. The van der Waals surface area contributed by atoms with Crippen LogP contribution in [-0.4, -0.2) is 43.5 Å². The molecule has 0 fully saturated rings. The van der Waals surface area contributed by atoms with E-state index in [1.165, 1.54) is 0 Å². The first-order chi connectivity index (χ1) is 7.61. The minimum absolute atomic E-state index is 0.113. The molecule has 0 unspecified atom stereocenters. The van der Waals surface area contributed by atoms with E-state index in [-0.39, 0.29) is 30.4 Å². The largest absolute Gasteiger partial charge is 0.480 e. The fourth-order valence-corrected chi connectivity index (χ4v) is 1.88. The van der Waals surface area contributed by atoms with Gasteiger partial charge in [0.15, 0.2) is 0 Å². The van der Waals surface area contributed by atoms with Crippen LogP contribution in [0.5, 0.6) is 0 Å². The highest BCUT2D eigenvalue weighted by atomic mass is 32.2. The van der Waals surface area contributed by atoms with Gasteiger partial charge in [0.2, 0.25) is 5.91 Å². The van der Waals surface area contributed by atoms with Gasteiger partial charge >= 0.3 is 5.97 Å². The van der Waals surface area contributed by atoms with Crippen LogP contribution < -0.4 is 5.32 Å². The number of sulfone groups is 1. The molecule has 1 amide bonds. The van der Waals surface area contributed by atoms with E-state index in [1.807, 2.05) is 13.8 Å². The lowest BCUT2D eigenvalue weighted by atomic mass is 10.1. The first-order valence-corrected chi connectivity index (χ1v) is 7.37. The van der Waals surface area contributed by atoms with Gasteiger partial charge in [-0.3, -0.25) is 4.79 Å². The fourth-order valence-electron chi connectivity index (χ4n) is 1.21. The summed E-state index contributed by atoms with van der Waals surface area (Å²) >= 11 is 0. The Kier molecular flexibility index (Phi) is 6.15. The highest BCUT2D eigenvalue weighted by Crippen LogP contribution is 2.02. The van der Waals surface area contributed by atoms with Crippen LogP contribution in [0.4, 0.5) is 0 Å². The molecule has 0 saturated carbocycles. The predicted octanol–water partition coefficient (Wildman–Crippen LogP) is 0.0366. The van der Waals surface area contributed by atoms with Gasteiger partial charge in [0.25, 0.3) is 0 Å². The Hall–Kier alpha value is -1.11. The van der Waals surface area contributed by atoms with E-state index in [4.69, 9.17) is 5.11 Å². The standard InChI is InChI=1S/C10H19NO5S/c1-7(2)6-9(12)11-8(10(13)14)4-5-17(3,15)16/h7-8H,4-6H2,1-3H3,(H,11,12)(H,13,14)/t8-/m0/s1. The Morgan fingerprint density at radius 3 is 2.18 bits per heavy atom. The van der Waals surface area contributed by atoms with E-state index >= 15 is 0 Å². The zero-order valence-electron chi connectivity index (χ0n) is 10.3. The number of carbonyl (C=O) groups excluding carboxylic acids is 1. The van der Waals surface area contributed by atoms with Crippen LogP contribution in [0.1, 0.15) is 26.7 Å². The van der Waals surface area contributed by atoms with Crippen molar-refractivity contribution in [2.75, 3.05) is 12.0 Å². The van der Waals surface area contributed by atoms with E-state index in [1.54, 1.807) is 0 Å². The van der Waals surface area contributed by atoms with Gasteiger partial charge in [-0.2, -0.15) is 0 Å². The molecule has 0 aliphatic rings. The third-order valence-electron chi connectivity index (χ3n) is 2.00. The quantitative estimate of drug-likeness (QED) is 0.676. The van der Waals surface area contributed by atoms with Gasteiger partial charge in [-0.1, -0.05) is 13.8 Å². The zero-order valence-corrected chi connectivity index (χ0v) is 11.1. The Morgan fingerprint density at radius 2 is 1.82 bits per heavy atom. The van der Waals surface area contributed by atoms with E-state index in [0.717, 1.165) is 6.26 Å². The molecule has 1 atom stereocenters. The zero-order chi connectivity index (χ0) is 13.6. The minimum atomic E-state index is -3.23. The molecule has 7 heteroatoms. The topological polar surface area (TPSA) is 101 Å². The summed E-state index contributed by atoms with van der Waals surface area (Å²) in [7, 11) is -3.23. The van der Waals surface area contributed by atoms with Gasteiger partial charge < -0.3 is 10.4 Å². The van der Waals surface area contributed by atoms with Crippen molar-refractivity contribution in [3.05, 3.63) is 0 Å². The summed E-state index contributed by atoms with van der Waals surface area (Å²) < 4.78 is 21.8. The highest BCUT2D eigenvalue weighted by Gasteiger charge is 2.21. The summed E-state index contributed by atoms with van der Waals surface area (Å²) in [5, 5.41) is 11.2. The predicted molar refractivity (Wildman–Crippen MR) is 63.3 cm³/mol. The second-order valence-electron chi connectivity index (χ2n) is 4.47. The number of carbonyl (C=O) groups is 2. The third-order valence-corrected chi connectivity index (χ3v) is 2.98. The van der Waals surface area contributed by atoms with E-state index in [2.05, 4.69) is 5.32 Å². The molecular formula is C10H19NO5S. The normalized spacial score (nSPS) is 13.4. The average Bonchev–Trinajstić information content (AvgIpc) is 2.08. The highest BCUT2D eigenvalue weighted by molar-refractivity contribution is 7.90. The summed E-state index contributed by atoms with van der Waals surface area (Å²) in [6, 6.07) is -1.14. The van der Waals surface area contributed by atoms with Crippen LogP contribution in [-0.2, 0) is 19.4 Å². The molecule has 0 saturated heterocycles. The summed E-state index contributed by atoms with van der Waals surface area (Å²) in [6.45, 7) is 3.68. The number of hydrogen-bond acceptors (Lipinski definition) is 4. The van der Waals surface area contributed by atoms with E-state index < -0.39 is 21.8 Å². The SMILES string of the molecule is CC(C)CC(=O)N[C@@H](CCS(C)(=O)=O)C(=O)O. The van der Waals surface area contributed by atoms with Crippen molar-refractivity contribution in [2.24, 2.45) is 5.92 Å². The molecule has 0 bridgehead atoms. The van der Waals surface area contributed by atoms with Gasteiger partial charge in [-0.05, 0) is 12.3 Å². The number of carboxylic acids is 1. The number of nitrogens with one attached hydrogen (secondary N) is 1. The second kappa shape index (κ2) is 6.58. The Morgan fingerprint density at radius 1 is 1.29 bits per heavy atom. The smallest absolute Gasteiger partial charge is 0.326 e. The second-order valence-corrected chi connectivity index (χ2v) is 6.73. The van der Waals surface area contributed by atoms with Crippen LogP contribution in [0.25, 0.3) is 0 Å². The first-order valence-electron chi connectivity index (χ1n) is 5.31. The van der Waals surface area contributed by atoms with E-state index in [0.29, 0.717) is 0 Å². The van der Waals surface area contributed by atoms with E-state index in [9.17, 15) is 18.0 Å². The van der Waals surface area contributed by atoms with Gasteiger partial charge in [0, 0.05) is 12.7 Å². The molecule has 0 aliphatic heterocycles. The molecule has 6 nitrogen and oxygen atoms in total. The molecule has 0 radical (unpaired) electrons. The van der Waals surface area contributed by atoms with Crippen molar-refractivity contribution in [1.29, 1.82) is 0 Å². The Bertz CT molecular complexity index is 374. The fraction of sp³-hybridized carbons (Fsp3) is 0.800. The van der Waals surface area contributed by atoms with Gasteiger partial charge in [0.05, 0.1) is 5.75 Å². The van der Waals surface area contributed by atoms with Gasteiger partial charge in [-0.15, -0.1) is 0 Å². The average molecular weight is 265 g/mol. The lowest BCUT2D eigenvalue weighted by Gasteiger charge is -2.14. The molecule has 100 valence electrons. The molecule has 0 aromatic heterocycles. The van der Waals surface area contributed by atoms with Crippen LogP contribution >= 0.6 is 0 Å². The Balaban J connectivity index is 4.35. The molecule has 0 spiro atoms. The molecule has 2 N–H and O–H groups in total. The minimum Gasteiger partial charge on any atom is -0.480 e. The van der Waals surface area contributed by atoms with Crippen molar-refractivity contribution >= 4 is 21.7 Å². The summed E-state index contributed by atoms with van der Waals surface area (Å²) in [6.07, 6.45) is 1.14. The number of hydrogen-bond donors (Lipinski definition) is 2. The lowest BCUT2D eigenvalue weighted by molar-refractivity contribution is -0.142. The number of rotatable bonds is 7. The number of aliphatic carboxylic acids is 1. The van der Waals surface area contributed by atoms with Crippen molar-refractivity contribution < 1.29 is 23.1 Å². The van der Waals surface area contributed by atoms with Crippen molar-refractivity contribution in [1.82, 2.24) is 5.32 Å². The summed E-state index contributed by atoms with van der Waals surface area (Å²) in [5.41, 5.74) is 0. The molecule has 17 heavy (non-hydrogen) atoms. The molecule has 0 aromatic rings. The summed E-state index contributed by atoms with van der Waals surface area (Å²) in [5.74, 6) is -1.72. The van der Waals surface area contributed by atoms with Crippen molar-refractivity contribution in [2.45, 2.75) is 32.7 Å². The van der Waals surface area contributed by atoms with Crippen LogP contribution in [0.3, 0.4) is 0 Å². The molecule has 0 heterocycles. The van der Waals surface area contributed by atoms with Crippen molar-refractivity contribution in [3.8, 4) is 0 Å². The van der Waals surface area contributed by atoms with Gasteiger partial charge in [0.1, 0.15) is 15.9 Å². The number of carboxylic acid groups (broad SMARTS) is 1. The third kappa shape index (κ3) is 8.67. The van der Waals surface area contributed by atoms with Crippen LogP contribution in [0.2, 0.25) is 0 Å². The lowest BCUT2D eigenvalue weighted by Crippen LogP contribution is -2.42. The summed E-state index contributed by atoms with van der Waals surface area (Å²) in [4.78, 5) is 22.2. The van der Waals surface area contributed by atoms with Crippen molar-refractivity contribution in [3.63, 3.8) is 0 Å². The van der Waals surface area contributed by atoms with Crippen LogP contribution in [0.15, 0.2) is 0 Å². The monoisotopic (exact) mass is 265 g/mol. The maximum Gasteiger partial charge on any atom is 0.326 e. The Labute approximate surface area is 101 Å². The maximum atomic E-state index is 11.4. The van der Waals surface area contributed by atoms with Gasteiger partial charge in [-0.25, -0.2) is 13.2 Å². The van der Waals surface area contributed by atoms with Crippen LogP contribution in [0, 0.1) is 5.92 Å². The molecule has 0 rings (SSSR count). The molecule has 0 aromatic carbocycles. The maximum absolute atomic E-state index is 11.4. The molecule has 0 aliphatic carbocycles.